The molecule has 0 aliphatic carbocycles. The summed E-state index contributed by atoms with van der Waals surface area (Å²) in [5, 5.41) is 12.9. The molecule has 4 aromatic rings. The van der Waals surface area contributed by atoms with Crippen LogP contribution in [0.25, 0.3) is 0 Å². The number of amides is 2. The highest BCUT2D eigenvalue weighted by molar-refractivity contribution is 5.86. The first kappa shape index (κ1) is 38.0. The van der Waals surface area contributed by atoms with Gasteiger partial charge >= 0.3 is 5.97 Å². The Hall–Kier alpha value is -5.21. The zero-order chi connectivity index (χ0) is 36.4. The fourth-order valence-corrected chi connectivity index (χ4v) is 6.42. The molecule has 5 rings (SSSR count). The van der Waals surface area contributed by atoms with E-state index in [4.69, 9.17) is 9.47 Å². The van der Waals surface area contributed by atoms with Crippen molar-refractivity contribution in [1.82, 2.24) is 10.2 Å². The van der Waals surface area contributed by atoms with Gasteiger partial charge in [0.15, 0.2) is 0 Å². The van der Waals surface area contributed by atoms with Gasteiger partial charge in [-0.3, -0.25) is 14.4 Å². The molecule has 2 N–H and O–H groups in total. The van der Waals surface area contributed by atoms with Gasteiger partial charge in [-0.25, -0.2) is 0 Å². The average molecular weight is 703 g/mol. The van der Waals surface area contributed by atoms with E-state index in [-0.39, 0.29) is 49.9 Å². The van der Waals surface area contributed by atoms with Crippen molar-refractivity contribution in [1.29, 1.82) is 0 Å². The number of aliphatic hydroxyl groups excluding tert-OH is 1. The molecule has 0 aromatic heterocycles. The summed E-state index contributed by atoms with van der Waals surface area (Å²) >= 11 is 0. The molecule has 8 nitrogen and oxygen atoms in total. The molecule has 272 valence electrons. The lowest BCUT2D eigenvalue weighted by Crippen LogP contribution is -2.45. The van der Waals surface area contributed by atoms with Gasteiger partial charge in [-0.2, -0.15) is 0 Å². The van der Waals surface area contributed by atoms with E-state index in [1.807, 2.05) is 127 Å². The molecule has 3 atom stereocenters. The molecule has 2 amide bonds. The Balaban J connectivity index is 1.31. The van der Waals surface area contributed by atoms with Gasteiger partial charge < -0.3 is 24.8 Å². The second-order valence-electron chi connectivity index (χ2n) is 13.4. The largest absolute Gasteiger partial charge is 0.489 e. The number of esters is 1. The van der Waals surface area contributed by atoms with Gasteiger partial charge in [0, 0.05) is 19.5 Å². The van der Waals surface area contributed by atoms with E-state index in [1.165, 1.54) is 0 Å². The van der Waals surface area contributed by atoms with Crippen LogP contribution in [-0.2, 0) is 45.1 Å². The molecule has 1 heterocycles. The number of hydrogen-bond donors (Lipinski definition) is 2. The Morgan fingerprint density at radius 3 is 2.08 bits per heavy atom. The van der Waals surface area contributed by atoms with Gasteiger partial charge in [0.05, 0.1) is 24.5 Å². The van der Waals surface area contributed by atoms with Crippen LogP contribution in [-0.4, -0.2) is 53.6 Å². The first-order valence-electron chi connectivity index (χ1n) is 18.3. The predicted molar refractivity (Wildman–Crippen MR) is 202 cm³/mol. The molecule has 1 aliphatic heterocycles. The van der Waals surface area contributed by atoms with Crippen molar-refractivity contribution in [3.63, 3.8) is 0 Å². The number of cyclic esters (lactones) is 1. The van der Waals surface area contributed by atoms with Crippen molar-refractivity contribution in [3.8, 4) is 5.75 Å². The number of allylic oxidation sites excluding steroid dienone is 2. The Morgan fingerprint density at radius 2 is 1.40 bits per heavy atom. The third-order valence-electron chi connectivity index (χ3n) is 9.33. The minimum absolute atomic E-state index is 0.00325. The summed E-state index contributed by atoms with van der Waals surface area (Å²) < 4.78 is 11.9. The molecule has 0 radical (unpaired) electrons. The van der Waals surface area contributed by atoms with Crippen LogP contribution in [0.2, 0.25) is 0 Å². The van der Waals surface area contributed by atoms with E-state index in [0.717, 1.165) is 40.8 Å². The Morgan fingerprint density at radius 1 is 0.769 bits per heavy atom. The van der Waals surface area contributed by atoms with Crippen molar-refractivity contribution in [2.45, 2.75) is 64.1 Å². The molecular formula is C44H50N2O6. The topological polar surface area (TPSA) is 105 Å². The lowest BCUT2D eigenvalue weighted by Gasteiger charge is -2.26. The Kier molecular flexibility index (Phi) is 15.1. The molecular weight excluding hydrogens is 652 g/mol. The van der Waals surface area contributed by atoms with Crippen LogP contribution in [0.4, 0.5) is 0 Å². The number of hydrogen-bond acceptors (Lipinski definition) is 6. The predicted octanol–water partition coefficient (Wildman–Crippen LogP) is 6.85. The molecule has 0 saturated carbocycles. The van der Waals surface area contributed by atoms with Gasteiger partial charge in [0.25, 0.3) is 0 Å². The molecule has 0 saturated heterocycles. The number of nitrogens with one attached hydrogen (secondary N) is 1. The summed E-state index contributed by atoms with van der Waals surface area (Å²) in [6.07, 6.45) is 7.62. The second-order valence-corrected chi connectivity index (χ2v) is 13.4. The van der Waals surface area contributed by atoms with E-state index in [9.17, 15) is 19.5 Å². The standard InChI is InChI=1S/C44H50N2O6/c47-27-26-46(31-36-16-8-4-9-17-36)42(48)30-38-20-12-1-2-13-21-39(28-34-14-6-3-7-15-34)44(50)52-33-40(45-43(38)49)29-35-22-24-41(25-23-35)51-32-37-18-10-5-11-19-37/h1,3-12,14-19,22-25,38-40,47H,2,13,20-21,26-33H2,(H,45,49). The number of carbonyl (C=O) groups is 3. The maximum absolute atomic E-state index is 14.0. The summed E-state index contributed by atoms with van der Waals surface area (Å²) in [6, 6.07) is 36.7. The van der Waals surface area contributed by atoms with Gasteiger partial charge in [-0.15, -0.1) is 0 Å². The van der Waals surface area contributed by atoms with Crippen LogP contribution in [0, 0.1) is 11.8 Å². The van der Waals surface area contributed by atoms with Gasteiger partial charge in [-0.05, 0) is 72.9 Å². The molecule has 1 aliphatic rings. The molecule has 0 bridgehead atoms. The zero-order valence-corrected chi connectivity index (χ0v) is 29.8. The molecule has 0 fully saturated rings. The smallest absolute Gasteiger partial charge is 0.309 e. The first-order chi connectivity index (χ1) is 25.5. The third kappa shape index (κ3) is 12.5. The summed E-state index contributed by atoms with van der Waals surface area (Å²) in [6.45, 7) is 0.798. The number of rotatable bonds is 13. The lowest BCUT2D eigenvalue weighted by atomic mass is 9.93. The maximum atomic E-state index is 14.0. The Labute approximate surface area is 307 Å². The van der Waals surface area contributed by atoms with Crippen molar-refractivity contribution >= 4 is 17.8 Å². The van der Waals surface area contributed by atoms with Gasteiger partial charge in [0.2, 0.25) is 11.8 Å². The molecule has 0 spiro atoms. The van der Waals surface area contributed by atoms with E-state index >= 15 is 0 Å². The highest BCUT2D eigenvalue weighted by atomic mass is 16.5. The average Bonchev–Trinajstić information content (AvgIpc) is 3.17. The molecule has 52 heavy (non-hydrogen) atoms. The minimum atomic E-state index is -0.638. The van der Waals surface area contributed by atoms with E-state index < -0.39 is 12.0 Å². The fraction of sp³-hybridized carbons (Fsp3) is 0.341. The van der Waals surface area contributed by atoms with Crippen LogP contribution in [0.3, 0.4) is 0 Å². The summed E-state index contributed by atoms with van der Waals surface area (Å²) in [5.41, 5.74) is 4.04. The normalized spacial score (nSPS) is 18.4. The first-order valence-corrected chi connectivity index (χ1v) is 18.3. The van der Waals surface area contributed by atoms with Crippen LogP contribution in [0.5, 0.6) is 5.75 Å². The van der Waals surface area contributed by atoms with E-state index in [2.05, 4.69) is 5.32 Å². The quantitative estimate of drug-likeness (QED) is 0.117. The number of aliphatic hydroxyl groups is 1. The molecule has 3 unspecified atom stereocenters. The van der Waals surface area contributed by atoms with Crippen molar-refractivity contribution < 1.29 is 29.0 Å². The fourth-order valence-electron chi connectivity index (χ4n) is 6.42. The Bertz CT molecular complexity index is 1700. The van der Waals surface area contributed by atoms with Crippen LogP contribution in [0.1, 0.15) is 54.4 Å². The SMILES string of the molecule is O=C1NC(Cc2ccc(OCc3ccccc3)cc2)COC(=O)C(Cc2ccccc2)CCCC=CCC1CC(=O)N(CCO)Cc1ccccc1. The zero-order valence-electron chi connectivity index (χ0n) is 29.8. The van der Waals surface area contributed by atoms with Crippen LogP contribution >= 0.6 is 0 Å². The van der Waals surface area contributed by atoms with Crippen molar-refractivity contribution in [2.24, 2.45) is 11.8 Å². The van der Waals surface area contributed by atoms with Gasteiger partial charge in [-0.1, -0.05) is 115 Å². The lowest BCUT2D eigenvalue weighted by molar-refractivity contribution is -0.150. The van der Waals surface area contributed by atoms with E-state index in [1.54, 1.807) is 4.90 Å². The van der Waals surface area contributed by atoms with Crippen molar-refractivity contribution in [2.75, 3.05) is 19.8 Å². The maximum Gasteiger partial charge on any atom is 0.309 e. The summed E-state index contributed by atoms with van der Waals surface area (Å²) in [4.78, 5) is 42.8. The highest BCUT2D eigenvalue weighted by Crippen LogP contribution is 2.21. The number of ether oxygens (including phenoxy) is 2. The van der Waals surface area contributed by atoms with Crippen LogP contribution in [0.15, 0.2) is 127 Å². The number of nitrogens with zero attached hydrogens (tertiary/aromatic N) is 1. The minimum Gasteiger partial charge on any atom is -0.489 e. The molecule has 8 heteroatoms. The summed E-state index contributed by atoms with van der Waals surface area (Å²) in [7, 11) is 0. The third-order valence-corrected chi connectivity index (χ3v) is 9.33. The second kappa shape index (κ2) is 20.6. The van der Waals surface area contributed by atoms with E-state index in [0.29, 0.717) is 38.8 Å². The number of carbonyl (C=O) groups excluding carboxylic acids is 3. The van der Waals surface area contributed by atoms with Gasteiger partial charge in [0.1, 0.15) is 19.0 Å². The summed E-state index contributed by atoms with van der Waals surface area (Å²) in [5.74, 6) is -0.967. The van der Waals surface area contributed by atoms with Crippen molar-refractivity contribution in [3.05, 3.63) is 150 Å². The highest BCUT2D eigenvalue weighted by Gasteiger charge is 2.28. The monoisotopic (exact) mass is 702 g/mol. The number of benzene rings is 4. The molecule has 4 aromatic carbocycles. The van der Waals surface area contributed by atoms with Crippen LogP contribution < -0.4 is 10.1 Å².